The highest BCUT2D eigenvalue weighted by molar-refractivity contribution is 5.21. The zero-order valence-corrected chi connectivity index (χ0v) is 8.99. The van der Waals surface area contributed by atoms with Gasteiger partial charge in [0.15, 0.2) is 0 Å². The minimum Gasteiger partial charge on any atom is -0.287 e. The molecule has 0 aliphatic rings. The van der Waals surface area contributed by atoms with Gasteiger partial charge >= 0.3 is 0 Å². The van der Waals surface area contributed by atoms with Gasteiger partial charge in [-0.05, 0) is 26.5 Å². The van der Waals surface area contributed by atoms with Crippen molar-refractivity contribution in [3.8, 4) is 6.07 Å². The normalized spacial score (nSPS) is 12.5. The molecule has 0 saturated heterocycles. The summed E-state index contributed by atoms with van der Waals surface area (Å²) in [7, 11) is 1.97. The summed E-state index contributed by atoms with van der Waals surface area (Å²) in [6.07, 6.45) is 0. The number of nitriles is 1. The zero-order chi connectivity index (χ0) is 10.6. The lowest BCUT2D eigenvalue weighted by molar-refractivity contribution is 0.294. The molecule has 74 valence electrons. The molecule has 0 fully saturated rings. The molecular formula is C12H16N2. The van der Waals surface area contributed by atoms with E-state index in [4.69, 9.17) is 5.26 Å². The van der Waals surface area contributed by atoms with Gasteiger partial charge in [0.1, 0.15) is 0 Å². The van der Waals surface area contributed by atoms with Crippen molar-refractivity contribution in [2.75, 3.05) is 7.05 Å². The summed E-state index contributed by atoms with van der Waals surface area (Å²) in [5, 5.41) is 8.74. The van der Waals surface area contributed by atoms with Gasteiger partial charge in [0.25, 0.3) is 0 Å². The summed E-state index contributed by atoms with van der Waals surface area (Å²) in [4.78, 5) is 2.03. The average Bonchev–Trinajstić information content (AvgIpc) is 2.20. The standard InChI is InChI=1S/C12H16N2/c1-10-4-6-12(7-5-10)9-14(3)11(2)8-13/h4-7,11H,9H2,1-3H3. The molecule has 0 saturated carbocycles. The molecule has 1 unspecified atom stereocenters. The third-order valence-corrected chi connectivity index (χ3v) is 2.40. The molecule has 1 aromatic rings. The first-order chi connectivity index (χ1) is 6.63. The van der Waals surface area contributed by atoms with Crippen LogP contribution in [0.15, 0.2) is 24.3 Å². The fourth-order valence-corrected chi connectivity index (χ4v) is 1.22. The average molecular weight is 188 g/mol. The first-order valence-electron chi connectivity index (χ1n) is 4.79. The molecule has 2 heteroatoms. The Morgan fingerprint density at radius 2 is 1.93 bits per heavy atom. The van der Waals surface area contributed by atoms with Crippen LogP contribution in [0.4, 0.5) is 0 Å². The van der Waals surface area contributed by atoms with E-state index in [2.05, 4.69) is 37.3 Å². The molecule has 14 heavy (non-hydrogen) atoms. The van der Waals surface area contributed by atoms with Crippen molar-refractivity contribution in [3.05, 3.63) is 35.4 Å². The quantitative estimate of drug-likeness (QED) is 0.728. The van der Waals surface area contributed by atoms with Crippen LogP contribution in [0.1, 0.15) is 18.1 Å². The van der Waals surface area contributed by atoms with Gasteiger partial charge in [-0.2, -0.15) is 5.26 Å². The van der Waals surface area contributed by atoms with Crippen molar-refractivity contribution in [1.82, 2.24) is 4.90 Å². The number of rotatable bonds is 3. The third kappa shape index (κ3) is 2.86. The number of aryl methyl sites for hydroxylation is 1. The predicted octanol–water partition coefficient (Wildman–Crippen LogP) is 2.34. The lowest BCUT2D eigenvalue weighted by atomic mass is 10.1. The van der Waals surface area contributed by atoms with Crippen LogP contribution in [0.3, 0.4) is 0 Å². The molecule has 0 aliphatic heterocycles. The van der Waals surface area contributed by atoms with E-state index in [0.717, 1.165) is 6.54 Å². The fourth-order valence-electron chi connectivity index (χ4n) is 1.22. The molecule has 0 aliphatic carbocycles. The van der Waals surface area contributed by atoms with Crippen molar-refractivity contribution in [2.24, 2.45) is 0 Å². The Bertz CT molecular complexity index is 321. The molecule has 0 N–H and O–H groups in total. The molecule has 0 radical (unpaired) electrons. The summed E-state index contributed by atoms with van der Waals surface area (Å²) in [6, 6.07) is 10.6. The lowest BCUT2D eigenvalue weighted by Crippen LogP contribution is -2.26. The van der Waals surface area contributed by atoms with E-state index in [1.807, 2.05) is 18.9 Å². The second kappa shape index (κ2) is 4.78. The van der Waals surface area contributed by atoms with Crippen LogP contribution in [0, 0.1) is 18.3 Å². The Kier molecular flexibility index (Phi) is 3.67. The summed E-state index contributed by atoms with van der Waals surface area (Å²) in [5.41, 5.74) is 2.52. The van der Waals surface area contributed by atoms with Crippen molar-refractivity contribution in [2.45, 2.75) is 26.4 Å². The van der Waals surface area contributed by atoms with Crippen molar-refractivity contribution in [1.29, 1.82) is 5.26 Å². The van der Waals surface area contributed by atoms with Crippen molar-refractivity contribution >= 4 is 0 Å². The molecule has 1 rings (SSSR count). The molecule has 1 aromatic carbocycles. The Labute approximate surface area is 85.8 Å². The van der Waals surface area contributed by atoms with Crippen LogP contribution in [-0.2, 0) is 6.54 Å². The van der Waals surface area contributed by atoms with Crippen LogP contribution < -0.4 is 0 Å². The molecule has 0 amide bonds. The molecule has 0 spiro atoms. The van der Waals surface area contributed by atoms with Gasteiger partial charge in [0, 0.05) is 6.54 Å². The van der Waals surface area contributed by atoms with E-state index < -0.39 is 0 Å². The van der Waals surface area contributed by atoms with E-state index in [9.17, 15) is 0 Å². The van der Waals surface area contributed by atoms with E-state index >= 15 is 0 Å². The van der Waals surface area contributed by atoms with E-state index in [0.29, 0.717) is 0 Å². The zero-order valence-electron chi connectivity index (χ0n) is 8.99. The maximum absolute atomic E-state index is 8.74. The molecule has 0 aromatic heterocycles. The van der Waals surface area contributed by atoms with Crippen molar-refractivity contribution < 1.29 is 0 Å². The maximum Gasteiger partial charge on any atom is 0.0949 e. The molecule has 2 nitrogen and oxygen atoms in total. The second-order valence-corrected chi connectivity index (χ2v) is 3.71. The highest BCUT2D eigenvalue weighted by Crippen LogP contribution is 2.07. The van der Waals surface area contributed by atoms with Crippen molar-refractivity contribution in [3.63, 3.8) is 0 Å². The van der Waals surface area contributed by atoms with Gasteiger partial charge in [-0.25, -0.2) is 0 Å². The van der Waals surface area contributed by atoms with Gasteiger partial charge in [0.05, 0.1) is 12.1 Å². The van der Waals surface area contributed by atoms with Gasteiger partial charge in [-0.15, -0.1) is 0 Å². The predicted molar refractivity (Wildman–Crippen MR) is 57.7 cm³/mol. The van der Waals surface area contributed by atoms with Gasteiger partial charge in [0.2, 0.25) is 0 Å². The monoisotopic (exact) mass is 188 g/mol. The van der Waals surface area contributed by atoms with Crippen LogP contribution >= 0.6 is 0 Å². The van der Waals surface area contributed by atoms with E-state index in [-0.39, 0.29) is 6.04 Å². The fraction of sp³-hybridized carbons (Fsp3) is 0.417. The Hall–Kier alpha value is -1.33. The first-order valence-corrected chi connectivity index (χ1v) is 4.79. The molecule has 0 heterocycles. The first kappa shape index (κ1) is 10.7. The third-order valence-electron chi connectivity index (χ3n) is 2.40. The highest BCUT2D eigenvalue weighted by Gasteiger charge is 2.07. The smallest absolute Gasteiger partial charge is 0.0949 e. The molecule has 0 bridgehead atoms. The number of hydrogen-bond donors (Lipinski definition) is 0. The van der Waals surface area contributed by atoms with Crippen LogP contribution in [-0.4, -0.2) is 18.0 Å². The van der Waals surface area contributed by atoms with E-state index in [1.165, 1.54) is 11.1 Å². The minimum atomic E-state index is -0.0312. The largest absolute Gasteiger partial charge is 0.287 e. The van der Waals surface area contributed by atoms with Crippen LogP contribution in [0.25, 0.3) is 0 Å². The molecular weight excluding hydrogens is 172 g/mol. The lowest BCUT2D eigenvalue weighted by Gasteiger charge is -2.18. The topological polar surface area (TPSA) is 27.0 Å². The maximum atomic E-state index is 8.74. The number of nitrogens with zero attached hydrogens (tertiary/aromatic N) is 2. The van der Waals surface area contributed by atoms with Crippen LogP contribution in [0.2, 0.25) is 0 Å². The number of benzene rings is 1. The summed E-state index contributed by atoms with van der Waals surface area (Å²) in [6.45, 7) is 4.81. The Balaban J connectivity index is 2.61. The van der Waals surface area contributed by atoms with Crippen LogP contribution in [0.5, 0.6) is 0 Å². The SMILES string of the molecule is Cc1ccc(CN(C)C(C)C#N)cc1. The van der Waals surface area contributed by atoms with Gasteiger partial charge in [-0.3, -0.25) is 4.90 Å². The molecule has 1 atom stereocenters. The van der Waals surface area contributed by atoms with Gasteiger partial charge in [-0.1, -0.05) is 29.8 Å². The Morgan fingerprint density at radius 1 is 1.36 bits per heavy atom. The number of hydrogen-bond acceptors (Lipinski definition) is 2. The minimum absolute atomic E-state index is 0.0312. The summed E-state index contributed by atoms with van der Waals surface area (Å²) >= 11 is 0. The second-order valence-electron chi connectivity index (χ2n) is 3.71. The summed E-state index contributed by atoms with van der Waals surface area (Å²) < 4.78 is 0. The van der Waals surface area contributed by atoms with E-state index in [1.54, 1.807) is 0 Å². The van der Waals surface area contributed by atoms with Gasteiger partial charge < -0.3 is 0 Å². The highest BCUT2D eigenvalue weighted by atomic mass is 15.1. The summed E-state index contributed by atoms with van der Waals surface area (Å²) in [5.74, 6) is 0. The Morgan fingerprint density at radius 3 is 2.43 bits per heavy atom.